The lowest BCUT2D eigenvalue weighted by molar-refractivity contribution is 0.161. The van der Waals surface area contributed by atoms with Crippen LogP contribution in [0.4, 0.5) is 0 Å². The fraction of sp³-hybridized carbons (Fsp3) is 1.00. The fourth-order valence-corrected chi connectivity index (χ4v) is 2.13. The number of rotatable bonds is 3. The molecule has 13 heavy (non-hydrogen) atoms. The quantitative estimate of drug-likeness (QED) is 0.518. The van der Waals surface area contributed by atoms with E-state index in [0.717, 1.165) is 6.42 Å². The Kier molecular flexibility index (Phi) is 2.91. The van der Waals surface area contributed by atoms with E-state index in [9.17, 15) is 0 Å². The van der Waals surface area contributed by atoms with Gasteiger partial charge < -0.3 is 9.16 Å². The summed E-state index contributed by atoms with van der Waals surface area (Å²) in [6, 6.07) is 0. The second-order valence-electron chi connectivity index (χ2n) is 5.33. The molecule has 1 rings (SSSR count). The molecule has 0 bridgehead atoms. The number of hydrogen-bond donors (Lipinski definition) is 0. The van der Waals surface area contributed by atoms with Crippen molar-refractivity contribution in [2.24, 2.45) is 0 Å². The van der Waals surface area contributed by atoms with Crippen molar-refractivity contribution in [3.63, 3.8) is 0 Å². The van der Waals surface area contributed by atoms with E-state index in [1.54, 1.807) is 0 Å². The van der Waals surface area contributed by atoms with Crippen molar-refractivity contribution in [3.05, 3.63) is 0 Å². The van der Waals surface area contributed by atoms with Gasteiger partial charge in [-0.15, -0.1) is 0 Å². The Labute approximate surface area is 82.7 Å². The molecule has 0 aromatic rings. The molecule has 1 heterocycles. The Morgan fingerprint density at radius 3 is 2.15 bits per heavy atom. The highest BCUT2D eigenvalue weighted by Crippen LogP contribution is 2.40. The molecule has 0 aromatic heterocycles. The summed E-state index contributed by atoms with van der Waals surface area (Å²) in [5.74, 6) is 0. The van der Waals surface area contributed by atoms with Crippen LogP contribution in [-0.2, 0) is 9.16 Å². The van der Waals surface area contributed by atoms with Crippen LogP contribution in [0.1, 0.15) is 34.1 Å². The molecule has 0 spiro atoms. The molecule has 0 saturated carbocycles. The zero-order chi connectivity index (χ0) is 10.3. The van der Waals surface area contributed by atoms with Gasteiger partial charge in [-0.1, -0.05) is 27.7 Å². The summed E-state index contributed by atoms with van der Waals surface area (Å²) in [4.78, 5) is 0. The van der Waals surface area contributed by atoms with Crippen molar-refractivity contribution in [3.8, 4) is 0 Å². The molecule has 0 aliphatic carbocycles. The third kappa shape index (κ3) is 2.54. The van der Waals surface area contributed by atoms with E-state index in [0.29, 0.717) is 6.10 Å². The third-order valence-electron chi connectivity index (χ3n) is 3.16. The first kappa shape index (κ1) is 11.2. The van der Waals surface area contributed by atoms with E-state index in [2.05, 4.69) is 40.8 Å². The molecule has 1 unspecified atom stereocenters. The lowest BCUT2D eigenvalue weighted by Gasteiger charge is -2.35. The summed E-state index contributed by atoms with van der Waals surface area (Å²) >= 11 is 0. The number of epoxide rings is 1. The molecule has 0 amide bonds. The van der Waals surface area contributed by atoms with Crippen molar-refractivity contribution in [2.75, 3.05) is 0 Å². The highest BCUT2D eigenvalue weighted by Gasteiger charge is 2.47. The summed E-state index contributed by atoms with van der Waals surface area (Å²) in [5, 5.41) is 0.289. The minimum Gasteiger partial charge on any atom is -0.390 e. The van der Waals surface area contributed by atoms with Crippen LogP contribution in [0.2, 0.25) is 18.1 Å². The molecule has 78 valence electrons. The van der Waals surface area contributed by atoms with Crippen molar-refractivity contribution in [1.82, 2.24) is 0 Å². The van der Waals surface area contributed by atoms with Gasteiger partial charge in [0.15, 0.2) is 14.6 Å². The highest BCUT2D eigenvalue weighted by atomic mass is 28.4. The Hall–Kier alpha value is 0.137. The Morgan fingerprint density at radius 2 is 1.85 bits per heavy atom. The summed E-state index contributed by atoms with van der Waals surface area (Å²) in [6.45, 7) is 13.4. The van der Waals surface area contributed by atoms with Crippen LogP contribution in [0.15, 0.2) is 0 Å². The van der Waals surface area contributed by atoms with Crippen LogP contribution in [0.25, 0.3) is 0 Å². The third-order valence-corrected chi connectivity index (χ3v) is 7.59. The molecule has 3 heteroatoms. The number of hydrogen-bond acceptors (Lipinski definition) is 2. The van der Waals surface area contributed by atoms with Crippen molar-refractivity contribution < 1.29 is 9.16 Å². The minimum atomic E-state index is -1.59. The van der Waals surface area contributed by atoms with Crippen LogP contribution in [0.3, 0.4) is 0 Å². The van der Waals surface area contributed by atoms with E-state index < -0.39 is 8.32 Å². The standard InChI is InChI=1S/C10H22O2Si/c1-7-8-9(11-8)12-13(5,6)10(2,3)4/h8-9H,7H2,1-6H3/t8-,9?/m0/s1. The van der Waals surface area contributed by atoms with Crippen molar-refractivity contribution >= 4 is 8.32 Å². The molecule has 1 aliphatic heterocycles. The fourth-order valence-electron chi connectivity index (χ4n) is 0.986. The molecule has 1 aliphatic rings. The highest BCUT2D eigenvalue weighted by molar-refractivity contribution is 6.74. The first-order valence-electron chi connectivity index (χ1n) is 5.11. The lowest BCUT2D eigenvalue weighted by Crippen LogP contribution is -2.41. The van der Waals surface area contributed by atoms with Crippen molar-refractivity contribution in [1.29, 1.82) is 0 Å². The van der Waals surface area contributed by atoms with Gasteiger partial charge in [0.2, 0.25) is 0 Å². The SMILES string of the molecule is CC[C@@H]1OC1O[Si](C)(C)C(C)(C)C. The van der Waals surface area contributed by atoms with Gasteiger partial charge in [-0.2, -0.15) is 0 Å². The number of ether oxygens (including phenoxy) is 1. The lowest BCUT2D eigenvalue weighted by atomic mass is 10.2. The maximum atomic E-state index is 6.03. The van der Waals surface area contributed by atoms with Gasteiger partial charge >= 0.3 is 0 Å². The predicted molar refractivity (Wildman–Crippen MR) is 57.2 cm³/mol. The summed E-state index contributed by atoms with van der Waals surface area (Å²) in [5.41, 5.74) is 0. The molecule has 0 aromatic carbocycles. The molecular weight excluding hydrogens is 180 g/mol. The average Bonchev–Trinajstić information content (AvgIpc) is 2.63. The van der Waals surface area contributed by atoms with Crippen LogP contribution >= 0.6 is 0 Å². The van der Waals surface area contributed by atoms with Gasteiger partial charge in [-0.3, -0.25) is 0 Å². The predicted octanol–water partition coefficient (Wildman–Crippen LogP) is 3.14. The summed E-state index contributed by atoms with van der Waals surface area (Å²) in [7, 11) is -1.59. The first-order valence-corrected chi connectivity index (χ1v) is 8.02. The van der Waals surface area contributed by atoms with Gasteiger partial charge in [0.25, 0.3) is 0 Å². The molecule has 2 atom stereocenters. The molecular formula is C10H22O2Si. The summed E-state index contributed by atoms with van der Waals surface area (Å²) in [6.07, 6.45) is 1.54. The van der Waals surface area contributed by atoms with Crippen LogP contribution in [-0.4, -0.2) is 20.7 Å². The Morgan fingerprint density at radius 1 is 1.31 bits per heavy atom. The Bertz CT molecular complexity index is 184. The Balaban J connectivity index is 2.44. The smallest absolute Gasteiger partial charge is 0.195 e. The van der Waals surface area contributed by atoms with Crippen molar-refractivity contribution in [2.45, 2.75) is 64.6 Å². The monoisotopic (exact) mass is 202 g/mol. The van der Waals surface area contributed by atoms with Crippen LogP contribution < -0.4 is 0 Å². The molecule has 2 nitrogen and oxygen atoms in total. The normalized spacial score (nSPS) is 29.1. The zero-order valence-corrected chi connectivity index (χ0v) is 10.7. The van der Waals surface area contributed by atoms with E-state index >= 15 is 0 Å². The first-order chi connectivity index (χ1) is 5.78. The van der Waals surface area contributed by atoms with Gasteiger partial charge in [0.1, 0.15) is 6.10 Å². The van der Waals surface area contributed by atoms with E-state index in [4.69, 9.17) is 9.16 Å². The topological polar surface area (TPSA) is 21.8 Å². The van der Waals surface area contributed by atoms with E-state index in [1.807, 2.05) is 0 Å². The van der Waals surface area contributed by atoms with Crippen LogP contribution in [0, 0.1) is 0 Å². The largest absolute Gasteiger partial charge is 0.390 e. The van der Waals surface area contributed by atoms with E-state index in [1.165, 1.54) is 0 Å². The second-order valence-corrected chi connectivity index (χ2v) is 10.1. The second kappa shape index (κ2) is 3.37. The van der Waals surface area contributed by atoms with E-state index in [-0.39, 0.29) is 11.3 Å². The van der Waals surface area contributed by atoms with Gasteiger partial charge in [0, 0.05) is 0 Å². The maximum Gasteiger partial charge on any atom is 0.195 e. The summed E-state index contributed by atoms with van der Waals surface area (Å²) < 4.78 is 11.4. The van der Waals surface area contributed by atoms with Gasteiger partial charge in [-0.05, 0) is 24.6 Å². The maximum absolute atomic E-state index is 6.03. The molecule has 0 N–H and O–H groups in total. The van der Waals surface area contributed by atoms with Gasteiger partial charge in [0.05, 0.1) is 0 Å². The molecule has 1 saturated heterocycles. The zero-order valence-electron chi connectivity index (χ0n) is 9.68. The van der Waals surface area contributed by atoms with Gasteiger partial charge in [-0.25, -0.2) is 0 Å². The minimum absolute atomic E-state index is 0.103. The average molecular weight is 202 g/mol. The van der Waals surface area contributed by atoms with Crippen LogP contribution in [0.5, 0.6) is 0 Å². The molecule has 1 fully saturated rings. The molecule has 0 radical (unpaired) electrons.